The standard InChI is InChI=1S/C37H43FN6O.C4H10O2/c1-45-33-16-11-28(12-17-33)24-41-36-35-34(30-6-3-2-4-7-30)25-44(37(35)43-26-42-36)32-15-10-29(22-32)23-40-20-5-19-39-21-18-27-8-13-31(38)14-9-27;1-4(2,5)6-3/h2-4,6-9,11-14,16-17,25-26,29,32,39-40H,5,10,15,18-24H2,1H3,(H,41,42,43);5H,1-3H3. The van der Waals surface area contributed by atoms with Crippen LogP contribution in [0.5, 0.6) is 5.75 Å². The minimum atomic E-state index is -0.958. The van der Waals surface area contributed by atoms with E-state index in [1.54, 1.807) is 27.3 Å². The summed E-state index contributed by atoms with van der Waals surface area (Å²) < 4.78 is 25.3. The first-order chi connectivity index (χ1) is 24.7. The Morgan fingerprint density at radius 3 is 2.29 bits per heavy atom. The number of hydrogen-bond acceptors (Lipinski definition) is 8. The number of rotatable bonds is 16. The third kappa shape index (κ3) is 11.3. The second-order valence-electron chi connectivity index (χ2n) is 13.6. The van der Waals surface area contributed by atoms with E-state index >= 15 is 0 Å². The zero-order chi connectivity index (χ0) is 36.1. The number of nitrogens with zero attached hydrogens (tertiary/aromatic N) is 3. The summed E-state index contributed by atoms with van der Waals surface area (Å²) in [5, 5.41) is 20.5. The van der Waals surface area contributed by atoms with Crippen molar-refractivity contribution in [2.24, 2.45) is 5.92 Å². The molecule has 0 bridgehead atoms. The number of methoxy groups -OCH3 is 2. The molecule has 10 heteroatoms. The normalized spacial score (nSPS) is 15.8. The molecule has 2 heterocycles. The van der Waals surface area contributed by atoms with E-state index in [4.69, 9.17) is 19.8 Å². The van der Waals surface area contributed by atoms with Gasteiger partial charge in [0.05, 0.1) is 12.5 Å². The van der Waals surface area contributed by atoms with Gasteiger partial charge < -0.3 is 35.1 Å². The van der Waals surface area contributed by atoms with Crippen LogP contribution in [0.3, 0.4) is 0 Å². The Balaban J connectivity index is 0.000000774. The van der Waals surface area contributed by atoms with Crippen LogP contribution in [0, 0.1) is 11.7 Å². The average Bonchev–Trinajstić information content (AvgIpc) is 3.78. The van der Waals surface area contributed by atoms with Crippen molar-refractivity contribution in [2.45, 2.75) is 64.3 Å². The molecule has 2 unspecified atom stereocenters. The predicted octanol–water partition coefficient (Wildman–Crippen LogP) is 7.37. The van der Waals surface area contributed by atoms with Crippen LogP contribution < -0.4 is 20.7 Å². The van der Waals surface area contributed by atoms with Gasteiger partial charge in [-0.25, -0.2) is 14.4 Å². The second kappa shape index (κ2) is 18.8. The number of halogens is 1. The highest BCUT2D eigenvalue weighted by molar-refractivity contribution is 6.01. The highest BCUT2D eigenvalue weighted by Crippen LogP contribution is 2.41. The molecule has 0 aliphatic heterocycles. The van der Waals surface area contributed by atoms with Gasteiger partial charge in [-0.1, -0.05) is 54.6 Å². The molecule has 1 saturated carbocycles. The lowest BCUT2D eigenvalue weighted by atomic mass is 10.1. The first-order valence-corrected chi connectivity index (χ1v) is 17.9. The van der Waals surface area contributed by atoms with E-state index in [-0.39, 0.29) is 5.82 Å². The summed E-state index contributed by atoms with van der Waals surface area (Å²) in [6.45, 7) is 7.75. The maximum Gasteiger partial charge on any atom is 0.159 e. The number of nitrogens with one attached hydrogen (secondary N) is 3. The number of hydrogen-bond donors (Lipinski definition) is 4. The third-order valence-corrected chi connectivity index (χ3v) is 9.36. The van der Waals surface area contributed by atoms with Gasteiger partial charge >= 0.3 is 0 Å². The summed E-state index contributed by atoms with van der Waals surface area (Å²) in [6, 6.07) is 25.9. The van der Waals surface area contributed by atoms with Gasteiger partial charge in [0.15, 0.2) is 5.79 Å². The van der Waals surface area contributed by atoms with Crippen LogP contribution in [-0.2, 0) is 17.7 Å². The van der Waals surface area contributed by atoms with Crippen LogP contribution in [0.25, 0.3) is 22.2 Å². The molecule has 0 amide bonds. The topological polar surface area (TPSA) is 105 Å². The van der Waals surface area contributed by atoms with Crippen LogP contribution >= 0.6 is 0 Å². The SMILES string of the molecule is COC(C)(C)O.COc1ccc(CNc2ncnc3c2c(-c2ccccc2)cn3C2CCC(CNCCCNCCc3ccc(F)cc3)C2)cc1. The minimum absolute atomic E-state index is 0.179. The van der Waals surface area contributed by atoms with Crippen molar-refractivity contribution in [3.8, 4) is 16.9 Å². The maximum atomic E-state index is 13.1. The molecule has 5 aromatic rings. The Labute approximate surface area is 301 Å². The van der Waals surface area contributed by atoms with Crippen molar-refractivity contribution in [1.82, 2.24) is 25.2 Å². The molecular weight excluding hydrogens is 643 g/mol. The molecule has 1 fully saturated rings. The number of benzene rings is 3. The van der Waals surface area contributed by atoms with Gasteiger partial charge in [0.1, 0.15) is 29.4 Å². The zero-order valence-corrected chi connectivity index (χ0v) is 30.4. The van der Waals surface area contributed by atoms with Gasteiger partial charge in [-0.05, 0) is 119 Å². The summed E-state index contributed by atoms with van der Waals surface area (Å²) in [6.07, 6.45) is 9.49. The molecule has 1 aliphatic rings. The van der Waals surface area contributed by atoms with Crippen LogP contribution in [0.4, 0.5) is 10.2 Å². The molecule has 51 heavy (non-hydrogen) atoms. The lowest BCUT2D eigenvalue weighted by Gasteiger charge is -2.15. The largest absolute Gasteiger partial charge is 0.497 e. The number of fused-ring (bicyclic) bond motifs is 1. The summed E-state index contributed by atoms with van der Waals surface area (Å²) in [4.78, 5) is 9.53. The number of ether oxygens (including phenoxy) is 2. The first kappa shape index (κ1) is 37.9. The molecule has 0 radical (unpaired) electrons. The Morgan fingerprint density at radius 2 is 1.59 bits per heavy atom. The Morgan fingerprint density at radius 1 is 0.882 bits per heavy atom. The van der Waals surface area contributed by atoms with E-state index in [2.05, 4.69) is 73.9 Å². The minimum Gasteiger partial charge on any atom is -0.497 e. The van der Waals surface area contributed by atoms with E-state index in [0.29, 0.717) is 18.5 Å². The maximum absolute atomic E-state index is 13.1. The monoisotopic (exact) mass is 696 g/mol. The Kier molecular flexibility index (Phi) is 13.9. The fourth-order valence-electron chi connectivity index (χ4n) is 6.40. The fourth-order valence-corrected chi connectivity index (χ4v) is 6.40. The Hall–Kier alpha value is -4.35. The summed E-state index contributed by atoms with van der Waals surface area (Å²) in [7, 11) is 3.14. The van der Waals surface area contributed by atoms with Crippen molar-refractivity contribution >= 4 is 16.9 Å². The lowest BCUT2D eigenvalue weighted by molar-refractivity contribution is -0.155. The van der Waals surface area contributed by atoms with Crippen LogP contribution in [0.2, 0.25) is 0 Å². The summed E-state index contributed by atoms with van der Waals surface area (Å²) >= 11 is 0. The fraction of sp³-hybridized carbons (Fsp3) is 0.415. The van der Waals surface area contributed by atoms with Crippen LogP contribution in [-0.4, -0.2) is 65.8 Å². The Bertz CT molecular complexity index is 1760. The zero-order valence-electron chi connectivity index (χ0n) is 30.4. The van der Waals surface area contributed by atoms with Gasteiger partial charge in [-0.15, -0.1) is 0 Å². The first-order valence-electron chi connectivity index (χ1n) is 17.9. The third-order valence-electron chi connectivity index (χ3n) is 9.36. The summed E-state index contributed by atoms with van der Waals surface area (Å²) in [5.41, 5.74) is 5.65. The van der Waals surface area contributed by atoms with Crippen LogP contribution in [0.15, 0.2) is 91.4 Å². The van der Waals surface area contributed by atoms with E-state index in [1.807, 2.05) is 24.3 Å². The second-order valence-corrected chi connectivity index (χ2v) is 13.6. The van der Waals surface area contributed by atoms with E-state index in [0.717, 1.165) is 91.2 Å². The van der Waals surface area contributed by atoms with Crippen molar-refractivity contribution in [3.05, 3.63) is 108 Å². The quantitative estimate of drug-likeness (QED) is 0.0627. The van der Waals surface area contributed by atoms with Crippen molar-refractivity contribution in [3.63, 3.8) is 0 Å². The van der Waals surface area contributed by atoms with Gasteiger partial charge in [-0.3, -0.25) is 0 Å². The molecule has 0 saturated heterocycles. The summed E-state index contributed by atoms with van der Waals surface area (Å²) in [5.74, 6) is 1.22. The molecule has 4 N–H and O–H groups in total. The van der Waals surface area contributed by atoms with Crippen molar-refractivity contribution < 1.29 is 19.0 Å². The van der Waals surface area contributed by atoms with Crippen LogP contribution in [0.1, 0.15) is 56.7 Å². The van der Waals surface area contributed by atoms with Gasteiger partial charge in [0.25, 0.3) is 0 Å². The molecule has 2 atom stereocenters. The van der Waals surface area contributed by atoms with E-state index in [9.17, 15) is 4.39 Å². The average molecular weight is 697 g/mol. The number of aliphatic hydroxyl groups is 1. The van der Waals surface area contributed by atoms with Gasteiger partial charge in [0, 0.05) is 31.5 Å². The molecule has 0 spiro atoms. The molecule has 1 aliphatic carbocycles. The smallest absolute Gasteiger partial charge is 0.159 e. The number of anilines is 1. The van der Waals surface area contributed by atoms with Gasteiger partial charge in [-0.2, -0.15) is 0 Å². The van der Waals surface area contributed by atoms with E-state index < -0.39 is 5.79 Å². The van der Waals surface area contributed by atoms with E-state index in [1.165, 1.54) is 31.2 Å². The molecule has 6 rings (SSSR count). The highest BCUT2D eigenvalue weighted by atomic mass is 19.1. The molecular formula is C41H53FN6O3. The van der Waals surface area contributed by atoms with Gasteiger partial charge in [0.2, 0.25) is 0 Å². The van der Waals surface area contributed by atoms with Crippen molar-refractivity contribution in [1.29, 1.82) is 0 Å². The predicted molar refractivity (Wildman–Crippen MR) is 203 cm³/mol. The molecule has 272 valence electrons. The lowest BCUT2D eigenvalue weighted by Crippen LogP contribution is -2.26. The molecule has 3 aromatic carbocycles. The highest BCUT2D eigenvalue weighted by Gasteiger charge is 2.28. The molecule has 2 aromatic heterocycles. The number of aromatic nitrogens is 3. The van der Waals surface area contributed by atoms with Crippen molar-refractivity contribution in [2.75, 3.05) is 45.7 Å². The molecule has 9 nitrogen and oxygen atoms in total.